The molecule has 0 saturated carbocycles. The summed E-state index contributed by atoms with van der Waals surface area (Å²) >= 11 is 0.994. The van der Waals surface area contributed by atoms with E-state index in [1.54, 1.807) is 0 Å². The average Bonchev–Trinajstić information content (AvgIpc) is 2.80. The van der Waals surface area contributed by atoms with E-state index in [9.17, 15) is 18.7 Å². The number of aromatic hydroxyl groups is 1. The molecule has 0 amide bonds. The summed E-state index contributed by atoms with van der Waals surface area (Å²) in [5, 5.41) is 22.6. The molecule has 1 aromatic heterocycles. The quantitative estimate of drug-likeness (QED) is 0.810. The Balaban J connectivity index is 2.70. The highest BCUT2D eigenvalue weighted by molar-refractivity contribution is 7.14. The van der Waals surface area contributed by atoms with E-state index in [1.165, 1.54) is 12.4 Å². The molecule has 0 atom stereocenters. The van der Waals surface area contributed by atoms with Gasteiger partial charge in [0.05, 0.1) is 10.6 Å². The average molecular weight is 285 g/mol. The summed E-state index contributed by atoms with van der Waals surface area (Å²) in [6.07, 6.45) is 0. The SMILES string of the molecule is CNc1csc(-c2ccc(F)c(O)c2F)c1C(=O)O. The second-order valence-electron chi connectivity index (χ2n) is 3.67. The van der Waals surface area contributed by atoms with Crippen molar-refractivity contribution < 1.29 is 23.8 Å². The van der Waals surface area contributed by atoms with E-state index in [4.69, 9.17) is 5.11 Å². The van der Waals surface area contributed by atoms with E-state index < -0.39 is 23.4 Å². The number of hydrogen-bond donors (Lipinski definition) is 3. The van der Waals surface area contributed by atoms with Crippen LogP contribution >= 0.6 is 11.3 Å². The van der Waals surface area contributed by atoms with Gasteiger partial charge in [0.1, 0.15) is 5.56 Å². The van der Waals surface area contributed by atoms with E-state index in [1.807, 2.05) is 0 Å². The maximum absolute atomic E-state index is 13.8. The van der Waals surface area contributed by atoms with Gasteiger partial charge in [0, 0.05) is 18.0 Å². The second-order valence-corrected chi connectivity index (χ2v) is 4.55. The predicted octanol–water partition coefficient (Wildman–Crippen LogP) is 3.14. The summed E-state index contributed by atoms with van der Waals surface area (Å²) in [7, 11) is 1.54. The number of nitrogens with one attached hydrogen (secondary N) is 1. The Hall–Kier alpha value is -2.15. The summed E-state index contributed by atoms with van der Waals surface area (Å²) in [5.74, 6) is -4.62. The van der Waals surface area contributed by atoms with Crippen LogP contribution in [-0.2, 0) is 0 Å². The molecule has 0 bridgehead atoms. The summed E-state index contributed by atoms with van der Waals surface area (Å²) in [5.41, 5.74) is 0.0657. The van der Waals surface area contributed by atoms with Crippen molar-refractivity contribution in [1.82, 2.24) is 0 Å². The van der Waals surface area contributed by atoms with Crippen LogP contribution in [-0.4, -0.2) is 23.2 Å². The van der Waals surface area contributed by atoms with Crippen LogP contribution in [0.2, 0.25) is 0 Å². The molecule has 1 heterocycles. The largest absolute Gasteiger partial charge is 0.503 e. The zero-order valence-corrected chi connectivity index (χ0v) is 10.5. The summed E-state index contributed by atoms with van der Waals surface area (Å²) < 4.78 is 26.8. The Kier molecular flexibility index (Phi) is 3.39. The van der Waals surface area contributed by atoms with Crippen molar-refractivity contribution >= 4 is 23.0 Å². The van der Waals surface area contributed by atoms with Gasteiger partial charge in [-0.1, -0.05) is 0 Å². The van der Waals surface area contributed by atoms with E-state index >= 15 is 0 Å². The van der Waals surface area contributed by atoms with Gasteiger partial charge < -0.3 is 15.5 Å². The molecular weight excluding hydrogens is 276 g/mol. The lowest BCUT2D eigenvalue weighted by atomic mass is 10.1. The fourth-order valence-corrected chi connectivity index (χ4v) is 2.74. The first-order valence-electron chi connectivity index (χ1n) is 5.17. The summed E-state index contributed by atoms with van der Waals surface area (Å²) in [4.78, 5) is 11.3. The van der Waals surface area contributed by atoms with Crippen molar-refractivity contribution in [3.05, 3.63) is 34.7 Å². The summed E-state index contributed by atoms with van der Waals surface area (Å²) in [6.45, 7) is 0. The third kappa shape index (κ3) is 2.12. The molecular formula is C12H9F2NO3S. The number of thiophene rings is 1. The van der Waals surface area contributed by atoms with E-state index in [0.717, 1.165) is 23.5 Å². The van der Waals surface area contributed by atoms with Gasteiger partial charge >= 0.3 is 5.97 Å². The van der Waals surface area contributed by atoms with Crippen LogP contribution in [0.25, 0.3) is 10.4 Å². The molecule has 1 aromatic carbocycles. The number of carboxylic acids is 1. The topological polar surface area (TPSA) is 69.6 Å². The van der Waals surface area contributed by atoms with Gasteiger partial charge in [-0.2, -0.15) is 0 Å². The van der Waals surface area contributed by atoms with Crippen molar-refractivity contribution in [2.75, 3.05) is 12.4 Å². The molecule has 0 aliphatic carbocycles. The number of carboxylic acid groups (broad SMARTS) is 1. The molecule has 4 nitrogen and oxygen atoms in total. The molecule has 2 rings (SSSR count). The number of benzene rings is 1. The number of aromatic carboxylic acids is 1. The first-order chi connectivity index (χ1) is 8.97. The maximum Gasteiger partial charge on any atom is 0.339 e. The Labute approximate surface area is 110 Å². The van der Waals surface area contributed by atoms with Gasteiger partial charge in [0.25, 0.3) is 0 Å². The Morgan fingerprint density at radius 2 is 2.05 bits per heavy atom. The Bertz CT molecular complexity index is 655. The number of phenols is 1. The molecule has 7 heteroatoms. The third-order valence-electron chi connectivity index (χ3n) is 2.59. The van der Waals surface area contributed by atoms with Gasteiger partial charge in [-0.3, -0.25) is 0 Å². The van der Waals surface area contributed by atoms with Crippen LogP contribution in [0.5, 0.6) is 5.75 Å². The van der Waals surface area contributed by atoms with Crippen molar-refractivity contribution in [1.29, 1.82) is 0 Å². The molecule has 100 valence electrons. The number of rotatable bonds is 3. The predicted molar refractivity (Wildman–Crippen MR) is 67.8 cm³/mol. The Morgan fingerprint density at radius 1 is 1.37 bits per heavy atom. The molecule has 0 aliphatic heterocycles. The van der Waals surface area contributed by atoms with Crippen LogP contribution in [0.1, 0.15) is 10.4 Å². The van der Waals surface area contributed by atoms with Crippen LogP contribution < -0.4 is 5.32 Å². The van der Waals surface area contributed by atoms with Crippen LogP contribution in [0.15, 0.2) is 17.5 Å². The number of anilines is 1. The van der Waals surface area contributed by atoms with Crippen molar-refractivity contribution in [3.63, 3.8) is 0 Å². The first-order valence-corrected chi connectivity index (χ1v) is 6.05. The minimum Gasteiger partial charge on any atom is -0.503 e. The highest BCUT2D eigenvalue weighted by Gasteiger charge is 2.23. The highest BCUT2D eigenvalue weighted by atomic mass is 32.1. The van der Waals surface area contributed by atoms with Crippen LogP contribution in [0.3, 0.4) is 0 Å². The highest BCUT2D eigenvalue weighted by Crippen LogP contribution is 2.39. The molecule has 0 aliphatic rings. The molecule has 3 N–H and O–H groups in total. The van der Waals surface area contributed by atoms with Crippen molar-refractivity contribution in [3.8, 4) is 16.2 Å². The molecule has 0 fully saturated rings. The zero-order chi connectivity index (χ0) is 14.2. The molecule has 0 unspecified atom stereocenters. The van der Waals surface area contributed by atoms with E-state index in [2.05, 4.69) is 5.32 Å². The van der Waals surface area contributed by atoms with Gasteiger partial charge in [-0.15, -0.1) is 11.3 Å². The zero-order valence-electron chi connectivity index (χ0n) is 9.70. The van der Waals surface area contributed by atoms with Gasteiger partial charge in [-0.25, -0.2) is 13.6 Å². The lowest BCUT2D eigenvalue weighted by Gasteiger charge is -2.06. The van der Waals surface area contributed by atoms with Crippen LogP contribution in [0.4, 0.5) is 14.5 Å². The number of carbonyl (C=O) groups is 1. The first kappa shape index (κ1) is 13.3. The minimum atomic E-state index is -1.23. The number of phenolic OH excluding ortho intramolecular Hbond substituents is 1. The molecule has 0 radical (unpaired) electrons. The maximum atomic E-state index is 13.8. The summed E-state index contributed by atoms with van der Waals surface area (Å²) in [6, 6.07) is 1.99. The smallest absolute Gasteiger partial charge is 0.339 e. The van der Waals surface area contributed by atoms with E-state index in [-0.39, 0.29) is 16.0 Å². The normalized spacial score (nSPS) is 10.5. The fraction of sp³-hybridized carbons (Fsp3) is 0.0833. The Morgan fingerprint density at radius 3 is 2.63 bits per heavy atom. The molecule has 0 spiro atoms. The number of hydrogen-bond acceptors (Lipinski definition) is 4. The van der Waals surface area contributed by atoms with Gasteiger partial charge in [0.2, 0.25) is 0 Å². The second kappa shape index (κ2) is 4.85. The lowest BCUT2D eigenvalue weighted by molar-refractivity contribution is 0.0699. The lowest BCUT2D eigenvalue weighted by Crippen LogP contribution is -2.02. The molecule has 0 saturated heterocycles. The third-order valence-corrected chi connectivity index (χ3v) is 3.60. The fourth-order valence-electron chi connectivity index (χ4n) is 1.67. The number of halogens is 2. The molecule has 2 aromatic rings. The standard InChI is InChI=1S/C12H9F2NO3S/c1-15-7-4-19-11(8(7)12(17)18)5-2-3-6(13)10(16)9(5)14/h2-4,15-16H,1H3,(H,17,18). The monoisotopic (exact) mass is 285 g/mol. The van der Waals surface area contributed by atoms with Crippen molar-refractivity contribution in [2.24, 2.45) is 0 Å². The minimum absolute atomic E-state index is 0.114. The van der Waals surface area contributed by atoms with Crippen molar-refractivity contribution in [2.45, 2.75) is 0 Å². The van der Waals surface area contributed by atoms with Gasteiger partial charge in [-0.05, 0) is 12.1 Å². The van der Waals surface area contributed by atoms with E-state index in [0.29, 0.717) is 5.69 Å². The van der Waals surface area contributed by atoms with Gasteiger partial charge in [0.15, 0.2) is 17.4 Å². The van der Waals surface area contributed by atoms with Crippen LogP contribution in [0, 0.1) is 11.6 Å². The molecule has 19 heavy (non-hydrogen) atoms.